The molecule has 0 saturated carbocycles. The second-order valence-corrected chi connectivity index (χ2v) is 5.82. The number of amides is 2. The van der Waals surface area contributed by atoms with Crippen LogP contribution in [0.3, 0.4) is 0 Å². The minimum Gasteiger partial charge on any atom is -0.449 e. The molecule has 0 aromatic heterocycles. The predicted molar refractivity (Wildman–Crippen MR) is 96.2 cm³/mol. The number of halogens is 3. The fraction of sp³-hybridized carbons (Fsp3) is 0.176. The van der Waals surface area contributed by atoms with Crippen molar-refractivity contribution in [3.8, 4) is 0 Å². The molecule has 0 bridgehead atoms. The highest BCUT2D eigenvalue weighted by atomic mass is 35.5. The maximum absolute atomic E-state index is 13.5. The molecule has 8 heteroatoms. The third kappa shape index (κ3) is 4.61. The molecule has 0 aliphatic carbocycles. The van der Waals surface area contributed by atoms with Crippen molar-refractivity contribution in [3.63, 3.8) is 0 Å². The van der Waals surface area contributed by atoms with E-state index in [9.17, 15) is 14.0 Å². The fourth-order valence-corrected chi connectivity index (χ4v) is 2.46. The topological polar surface area (TPSA) is 58.6 Å². The average Bonchev–Trinajstić information content (AvgIpc) is 2.58. The molecule has 2 aromatic carbocycles. The van der Waals surface area contributed by atoms with Gasteiger partial charge in [0.2, 0.25) is 0 Å². The van der Waals surface area contributed by atoms with Crippen molar-refractivity contribution in [3.05, 3.63) is 57.8 Å². The normalized spacial score (nSPS) is 10.3. The molecular formula is C17H15Cl2FN2O3. The smallest absolute Gasteiger partial charge is 0.413 e. The number of rotatable bonds is 4. The number of hydrogen-bond acceptors (Lipinski definition) is 3. The Labute approximate surface area is 154 Å². The minimum absolute atomic E-state index is 0.0312. The first-order valence-electron chi connectivity index (χ1n) is 7.30. The van der Waals surface area contributed by atoms with Gasteiger partial charge in [-0.05, 0) is 43.3 Å². The van der Waals surface area contributed by atoms with Crippen LogP contribution >= 0.6 is 23.2 Å². The van der Waals surface area contributed by atoms with E-state index in [4.69, 9.17) is 27.9 Å². The highest BCUT2D eigenvalue weighted by Gasteiger charge is 2.15. The summed E-state index contributed by atoms with van der Waals surface area (Å²) in [6, 6.07) is 8.62. The number of anilines is 2. The first-order chi connectivity index (χ1) is 11.8. The van der Waals surface area contributed by atoms with Crippen molar-refractivity contribution < 1.29 is 18.7 Å². The van der Waals surface area contributed by atoms with Gasteiger partial charge < -0.3 is 10.1 Å². The molecule has 0 fully saturated rings. The molecule has 25 heavy (non-hydrogen) atoms. The summed E-state index contributed by atoms with van der Waals surface area (Å²) >= 11 is 11.5. The molecule has 0 aliphatic rings. The van der Waals surface area contributed by atoms with Crippen LogP contribution < -0.4 is 10.2 Å². The largest absolute Gasteiger partial charge is 0.449 e. The summed E-state index contributed by atoms with van der Waals surface area (Å²) in [5, 5.41) is 2.48. The third-order valence-electron chi connectivity index (χ3n) is 3.31. The zero-order valence-electron chi connectivity index (χ0n) is 13.5. The van der Waals surface area contributed by atoms with Crippen LogP contribution in [0.25, 0.3) is 0 Å². The molecule has 0 spiro atoms. The van der Waals surface area contributed by atoms with Gasteiger partial charge in [-0.25, -0.2) is 9.18 Å². The predicted octanol–water partition coefficient (Wildman–Crippen LogP) is 4.98. The van der Waals surface area contributed by atoms with Gasteiger partial charge in [-0.3, -0.25) is 9.69 Å². The molecule has 2 amide bonds. The molecule has 2 rings (SSSR count). The number of carbonyl (C=O) groups is 2. The lowest BCUT2D eigenvalue weighted by molar-refractivity contribution is 0.102. The van der Waals surface area contributed by atoms with Crippen molar-refractivity contribution >= 4 is 46.6 Å². The van der Waals surface area contributed by atoms with Crippen molar-refractivity contribution in [1.29, 1.82) is 0 Å². The number of hydrogen-bond donors (Lipinski definition) is 1. The Morgan fingerprint density at radius 1 is 1.16 bits per heavy atom. The van der Waals surface area contributed by atoms with E-state index >= 15 is 0 Å². The maximum Gasteiger partial charge on any atom is 0.413 e. The number of benzene rings is 2. The molecule has 132 valence electrons. The fourth-order valence-electron chi connectivity index (χ4n) is 1.99. The summed E-state index contributed by atoms with van der Waals surface area (Å²) in [5.41, 5.74) is 1.01. The summed E-state index contributed by atoms with van der Waals surface area (Å²) in [7, 11) is 1.57. The van der Waals surface area contributed by atoms with Gasteiger partial charge in [-0.15, -0.1) is 0 Å². The second-order valence-electron chi connectivity index (χ2n) is 5.01. The van der Waals surface area contributed by atoms with Crippen LogP contribution in [0, 0.1) is 5.82 Å². The van der Waals surface area contributed by atoms with Crippen LogP contribution in [0.5, 0.6) is 0 Å². The monoisotopic (exact) mass is 384 g/mol. The summed E-state index contributed by atoms with van der Waals surface area (Å²) in [6.07, 6.45) is -0.484. The van der Waals surface area contributed by atoms with Gasteiger partial charge in [0.05, 0.1) is 22.2 Å². The molecule has 0 unspecified atom stereocenters. The third-order valence-corrected chi connectivity index (χ3v) is 3.91. The van der Waals surface area contributed by atoms with Crippen LogP contribution in [0.1, 0.15) is 17.3 Å². The molecule has 1 N–H and O–H groups in total. The molecule has 0 atom stereocenters. The van der Waals surface area contributed by atoms with E-state index in [0.717, 1.165) is 6.07 Å². The highest BCUT2D eigenvalue weighted by Crippen LogP contribution is 2.25. The van der Waals surface area contributed by atoms with E-state index in [1.807, 2.05) is 0 Å². The Kier molecular flexibility index (Phi) is 6.22. The summed E-state index contributed by atoms with van der Waals surface area (Å²) < 4.78 is 18.4. The first kappa shape index (κ1) is 19.0. The molecule has 2 aromatic rings. The summed E-state index contributed by atoms with van der Waals surface area (Å²) in [4.78, 5) is 25.2. The highest BCUT2D eigenvalue weighted by molar-refractivity contribution is 6.37. The van der Waals surface area contributed by atoms with Gasteiger partial charge in [0.25, 0.3) is 5.91 Å². The Morgan fingerprint density at radius 2 is 1.80 bits per heavy atom. The lowest BCUT2D eigenvalue weighted by Crippen LogP contribution is -2.26. The van der Waals surface area contributed by atoms with Crippen LogP contribution in [0.15, 0.2) is 36.4 Å². The Balaban J connectivity index is 2.12. The van der Waals surface area contributed by atoms with Crippen LogP contribution in [0.2, 0.25) is 10.0 Å². The van der Waals surface area contributed by atoms with Crippen LogP contribution in [0.4, 0.5) is 20.6 Å². The van der Waals surface area contributed by atoms with E-state index < -0.39 is 17.8 Å². The molecule has 5 nitrogen and oxygen atoms in total. The van der Waals surface area contributed by atoms with Crippen molar-refractivity contribution in [2.75, 3.05) is 23.9 Å². The van der Waals surface area contributed by atoms with E-state index in [1.54, 1.807) is 38.2 Å². The van der Waals surface area contributed by atoms with Crippen molar-refractivity contribution in [1.82, 2.24) is 0 Å². The summed E-state index contributed by atoms with van der Waals surface area (Å²) in [5.74, 6) is -1.31. The van der Waals surface area contributed by atoms with E-state index in [-0.39, 0.29) is 22.2 Å². The molecule has 0 heterocycles. The molecular weight excluding hydrogens is 370 g/mol. The zero-order valence-corrected chi connectivity index (χ0v) is 15.0. The van der Waals surface area contributed by atoms with Crippen LogP contribution in [-0.4, -0.2) is 25.7 Å². The van der Waals surface area contributed by atoms with E-state index in [1.165, 1.54) is 11.0 Å². The molecule has 0 saturated heterocycles. The van der Waals surface area contributed by atoms with Gasteiger partial charge in [0.1, 0.15) is 5.82 Å². The van der Waals surface area contributed by atoms with Crippen molar-refractivity contribution in [2.24, 2.45) is 0 Å². The van der Waals surface area contributed by atoms with E-state index in [0.29, 0.717) is 11.4 Å². The Bertz CT molecular complexity index is 797. The standard InChI is InChI=1S/C17H15Cl2FN2O3/c1-3-25-17(24)22(2)11-6-4-10(5-7-11)21-16(23)12-8-15(20)14(19)9-13(12)18/h4-9H,3H2,1-2H3,(H,21,23). The van der Waals surface area contributed by atoms with Gasteiger partial charge in [-0.2, -0.15) is 0 Å². The minimum atomic E-state index is -0.734. The second kappa shape index (κ2) is 8.18. The molecule has 0 radical (unpaired) electrons. The van der Waals surface area contributed by atoms with Crippen molar-refractivity contribution in [2.45, 2.75) is 6.92 Å². The lowest BCUT2D eigenvalue weighted by Gasteiger charge is -2.17. The number of ether oxygens (including phenoxy) is 1. The average molecular weight is 385 g/mol. The zero-order chi connectivity index (χ0) is 18.6. The van der Waals surface area contributed by atoms with Gasteiger partial charge in [0.15, 0.2) is 0 Å². The number of nitrogens with one attached hydrogen (secondary N) is 1. The van der Waals surface area contributed by atoms with Crippen LogP contribution in [-0.2, 0) is 4.74 Å². The van der Waals surface area contributed by atoms with E-state index in [2.05, 4.69) is 5.32 Å². The first-order valence-corrected chi connectivity index (χ1v) is 8.05. The lowest BCUT2D eigenvalue weighted by atomic mass is 10.2. The number of nitrogens with zero attached hydrogens (tertiary/aromatic N) is 1. The Morgan fingerprint density at radius 3 is 2.40 bits per heavy atom. The SMILES string of the molecule is CCOC(=O)N(C)c1ccc(NC(=O)c2cc(F)c(Cl)cc2Cl)cc1. The van der Waals surface area contributed by atoms with Gasteiger partial charge in [0, 0.05) is 18.4 Å². The quantitative estimate of drug-likeness (QED) is 0.756. The number of carbonyl (C=O) groups excluding carboxylic acids is 2. The summed E-state index contributed by atoms with van der Waals surface area (Å²) in [6.45, 7) is 1.99. The molecule has 0 aliphatic heterocycles. The van der Waals surface area contributed by atoms with Gasteiger partial charge in [-0.1, -0.05) is 23.2 Å². The van der Waals surface area contributed by atoms with Gasteiger partial charge >= 0.3 is 6.09 Å². The maximum atomic E-state index is 13.5. The Hall–Kier alpha value is -2.31.